The van der Waals surface area contributed by atoms with Gasteiger partial charge in [0.1, 0.15) is 5.82 Å². The van der Waals surface area contributed by atoms with Gasteiger partial charge >= 0.3 is 0 Å². The van der Waals surface area contributed by atoms with Crippen molar-refractivity contribution >= 4 is 17.7 Å². The molecule has 21 heavy (non-hydrogen) atoms. The Morgan fingerprint density at radius 3 is 2.76 bits per heavy atom. The van der Waals surface area contributed by atoms with Crippen LogP contribution in [0.1, 0.15) is 24.6 Å². The molecule has 118 valence electrons. The van der Waals surface area contributed by atoms with E-state index < -0.39 is 0 Å². The maximum absolute atomic E-state index is 11.9. The Bertz CT molecular complexity index is 452. The predicted molar refractivity (Wildman–Crippen MR) is 87.7 cm³/mol. The number of likely N-dealkylation sites (N-methyl/N-ethyl adjacent to an activating group) is 1. The standard InChI is InChI=1S/C15H26N4OS/c1-17(2)10-11-19-9-6-16-15(19)13-4-7-18(8-5-13)14(20)12-21-3/h6,9,13H,4-5,7-8,10-12H2,1-3H3. The van der Waals surface area contributed by atoms with Gasteiger partial charge in [-0.2, -0.15) is 11.8 Å². The van der Waals surface area contributed by atoms with Gasteiger partial charge in [-0.25, -0.2) is 4.98 Å². The highest BCUT2D eigenvalue weighted by Gasteiger charge is 2.25. The van der Waals surface area contributed by atoms with Gasteiger partial charge < -0.3 is 14.4 Å². The number of hydrogen-bond donors (Lipinski definition) is 0. The summed E-state index contributed by atoms with van der Waals surface area (Å²) >= 11 is 1.60. The van der Waals surface area contributed by atoms with E-state index in [1.807, 2.05) is 17.4 Å². The van der Waals surface area contributed by atoms with Crippen molar-refractivity contribution in [3.8, 4) is 0 Å². The number of imidazole rings is 1. The van der Waals surface area contributed by atoms with Gasteiger partial charge in [-0.3, -0.25) is 4.79 Å². The Kier molecular flexibility index (Phi) is 6.11. The van der Waals surface area contributed by atoms with Gasteiger partial charge in [0, 0.05) is 44.5 Å². The smallest absolute Gasteiger partial charge is 0.232 e. The SMILES string of the molecule is CSCC(=O)N1CCC(c2nccn2CCN(C)C)CC1. The lowest BCUT2D eigenvalue weighted by molar-refractivity contribution is -0.129. The maximum Gasteiger partial charge on any atom is 0.232 e. The minimum Gasteiger partial charge on any atom is -0.342 e. The number of thioether (sulfide) groups is 1. The Balaban J connectivity index is 1.90. The number of aromatic nitrogens is 2. The molecule has 1 aliphatic rings. The molecule has 1 saturated heterocycles. The second kappa shape index (κ2) is 7.84. The zero-order chi connectivity index (χ0) is 15.2. The summed E-state index contributed by atoms with van der Waals surface area (Å²) in [6.45, 7) is 3.73. The van der Waals surface area contributed by atoms with Crippen molar-refractivity contribution in [1.82, 2.24) is 19.4 Å². The number of likely N-dealkylation sites (tertiary alicyclic amines) is 1. The molecule has 1 amide bonds. The van der Waals surface area contributed by atoms with Gasteiger partial charge in [0.05, 0.1) is 5.75 Å². The van der Waals surface area contributed by atoms with Crippen molar-refractivity contribution in [2.75, 3.05) is 45.7 Å². The van der Waals surface area contributed by atoms with Gasteiger partial charge in [0.25, 0.3) is 0 Å². The number of carbonyl (C=O) groups excluding carboxylic acids is 1. The van der Waals surface area contributed by atoms with Gasteiger partial charge in [0.2, 0.25) is 5.91 Å². The molecule has 0 aromatic carbocycles. The first kappa shape index (κ1) is 16.4. The lowest BCUT2D eigenvalue weighted by atomic mass is 9.96. The van der Waals surface area contributed by atoms with Gasteiger partial charge in [-0.15, -0.1) is 0 Å². The van der Waals surface area contributed by atoms with Crippen LogP contribution < -0.4 is 0 Å². The van der Waals surface area contributed by atoms with E-state index in [1.54, 1.807) is 11.8 Å². The largest absolute Gasteiger partial charge is 0.342 e. The normalized spacial score (nSPS) is 16.7. The van der Waals surface area contributed by atoms with E-state index in [-0.39, 0.29) is 5.91 Å². The number of hydrogen-bond acceptors (Lipinski definition) is 4. The molecule has 1 fully saturated rings. The molecule has 0 unspecified atom stereocenters. The average Bonchev–Trinajstić information content (AvgIpc) is 2.94. The van der Waals surface area contributed by atoms with Crippen molar-refractivity contribution < 1.29 is 4.79 Å². The third-order valence-corrected chi connectivity index (χ3v) is 4.55. The summed E-state index contributed by atoms with van der Waals surface area (Å²) in [7, 11) is 4.18. The average molecular weight is 310 g/mol. The fourth-order valence-corrected chi connectivity index (χ4v) is 3.21. The first-order chi connectivity index (χ1) is 10.1. The van der Waals surface area contributed by atoms with Crippen molar-refractivity contribution in [2.45, 2.75) is 25.3 Å². The molecule has 0 N–H and O–H groups in total. The minimum absolute atomic E-state index is 0.275. The lowest BCUT2D eigenvalue weighted by Gasteiger charge is -2.32. The second-order valence-electron chi connectivity index (χ2n) is 5.87. The van der Waals surface area contributed by atoms with E-state index >= 15 is 0 Å². The molecule has 1 aromatic rings. The summed E-state index contributed by atoms with van der Waals surface area (Å²) < 4.78 is 2.27. The van der Waals surface area contributed by atoms with Crippen LogP contribution in [0.4, 0.5) is 0 Å². The van der Waals surface area contributed by atoms with Crippen LogP contribution in [0.3, 0.4) is 0 Å². The van der Waals surface area contributed by atoms with Gasteiger partial charge in [-0.05, 0) is 33.2 Å². The Morgan fingerprint density at radius 2 is 2.14 bits per heavy atom. The zero-order valence-corrected chi connectivity index (χ0v) is 14.1. The number of nitrogens with zero attached hydrogens (tertiary/aromatic N) is 4. The molecule has 1 aromatic heterocycles. The van der Waals surface area contributed by atoms with Crippen molar-refractivity contribution in [3.05, 3.63) is 18.2 Å². The molecule has 0 atom stereocenters. The van der Waals surface area contributed by atoms with E-state index in [0.717, 1.165) is 39.0 Å². The lowest BCUT2D eigenvalue weighted by Crippen LogP contribution is -2.39. The highest BCUT2D eigenvalue weighted by molar-refractivity contribution is 7.99. The van der Waals surface area contributed by atoms with Crippen LogP contribution in [-0.4, -0.2) is 71.0 Å². The van der Waals surface area contributed by atoms with Crippen LogP contribution in [0, 0.1) is 0 Å². The number of rotatable bonds is 6. The van der Waals surface area contributed by atoms with Crippen molar-refractivity contribution in [1.29, 1.82) is 0 Å². The topological polar surface area (TPSA) is 41.4 Å². The van der Waals surface area contributed by atoms with E-state index in [4.69, 9.17) is 0 Å². The quantitative estimate of drug-likeness (QED) is 0.799. The summed E-state index contributed by atoms with van der Waals surface area (Å²) in [5, 5.41) is 0. The van der Waals surface area contributed by atoms with Crippen LogP contribution in [0.25, 0.3) is 0 Å². The third-order valence-electron chi connectivity index (χ3n) is 4.02. The fourth-order valence-electron chi connectivity index (χ4n) is 2.78. The molecule has 0 radical (unpaired) electrons. The van der Waals surface area contributed by atoms with Crippen LogP contribution >= 0.6 is 11.8 Å². The van der Waals surface area contributed by atoms with Crippen LogP contribution in [0.15, 0.2) is 12.4 Å². The second-order valence-corrected chi connectivity index (χ2v) is 6.74. The Morgan fingerprint density at radius 1 is 1.43 bits per heavy atom. The summed E-state index contributed by atoms with van der Waals surface area (Å²) in [5.74, 6) is 2.55. The van der Waals surface area contributed by atoms with Gasteiger partial charge in [0.15, 0.2) is 0 Å². The highest BCUT2D eigenvalue weighted by Crippen LogP contribution is 2.27. The Hall–Kier alpha value is -1.01. The molecule has 6 heteroatoms. The molecule has 5 nitrogen and oxygen atoms in total. The van der Waals surface area contributed by atoms with Crippen LogP contribution in [-0.2, 0) is 11.3 Å². The fraction of sp³-hybridized carbons (Fsp3) is 0.733. The summed E-state index contributed by atoms with van der Waals surface area (Å²) in [5.41, 5.74) is 0. The van der Waals surface area contributed by atoms with E-state index in [1.165, 1.54) is 5.82 Å². The maximum atomic E-state index is 11.9. The minimum atomic E-state index is 0.275. The molecule has 0 bridgehead atoms. The summed E-state index contributed by atoms with van der Waals surface area (Å²) in [6.07, 6.45) is 8.00. The van der Waals surface area contributed by atoms with Gasteiger partial charge in [-0.1, -0.05) is 0 Å². The van der Waals surface area contributed by atoms with E-state index in [9.17, 15) is 4.79 Å². The summed E-state index contributed by atoms with van der Waals surface area (Å²) in [4.78, 5) is 20.7. The monoisotopic (exact) mass is 310 g/mol. The number of amides is 1. The summed E-state index contributed by atoms with van der Waals surface area (Å²) in [6, 6.07) is 0. The molecular formula is C15H26N4OS. The van der Waals surface area contributed by atoms with Crippen LogP contribution in [0.5, 0.6) is 0 Å². The van der Waals surface area contributed by atoms with Crippen molar-refractivity contribution in [2.24, 2.45) is 0 Å². The molecule has 2 rings (SSSR count). The zero-order valence-electron chi connectivity index (χ0n) is 13.3. The Labute approximate surface area is 131 Å². The molecule has 0 spiro atoms. The number of piperidine rings is 1. The molecule has 0 aliphatic carbocycles. The van der Waals surface area contributed by atoms with E-state index in [0.29, 0.717) is 11.7 Å². The highest BCUT2D eigenvalue weighted by atomic mass is 32.2. The molecular weight excluding hydrogens is 284 g/mol. The van der Waals surface area contributed by atoms with Crippen molar-refractivity contribution in [3.63, 3.8) is 0 Å². The first-order valence-electron chi connectivity index (χ1n) is 7.54. The first-order valence-corrected chi connectivity index (χ1v) is 8.93. The molecule has 1 aliphatic heterocycles. The number of carbonyl (C=O) groups is 1. The van der Waals surface area contributed by atoms with Crippen LogP contribution in [0.2, 0.25) is 0 Å². The predicted octanol–water partition coefficient (Wildman–Crippen LogP) is 1.51. The molecule has 0 saturated carbocycles. The van der Waals surface area contributed by atoms with E-state index in [2.05, 4.69) is 34.7 Å². The molecule has 2 heterocycles. The third kappa shape index (κ3) is 4.48.